The van der Waals surface area contributed by atoms with Crippen LogP contribution in [-0.2, 0) is 4.79 Å². The number of aromatic nitrogens is 1. The molecule has 1 aliphatic carbocycles. The van der Waals surface area contributed by atoms with Crippen molar-refractivity contribution in [1.29, 1.82) is 0 Å². The number of amides is 1. The van der Waals surface area contributed by atoms with Gasteiger partial charge in [0.15, 0.2) is 0 Å². The molecule has 0 unspecified atom stereocenters. The minimum absolute atomic E-state index is 0.0914. The highest BCUT2D eigenvalue weighted by Crippen LogP contribution is 2.32. The normalized spacial score (nSPS) is 22.5. The lowest BCUT2D eigenvalue weighted by Crippen LogP contribution is -2.27. The van der Waals surface area contributed by atoms with Gasteiger partial charge in [-0.1, -0.05) is 37.8 Å². The zero-order chi connectivity index (χ0) is 14.4. The third-order valence-electron chi connectivity index (χ3n) is 4.16. The molecule has 4 heteroatoms. The van der Waals surface area contributed by atoms with Crippen molar-refractivity contribution in [3.8, 4) is 0 Å². The Labute approximate surface area is 126 Å². The molecule has 0 radical (unpaired) electrons. The molecule has 110 valence electrons. The van der Waals surface area contributed by atoms with Gasteiger partial charge in [-0.05, 0) is 43.7 Å². The number of nitrogens with zero attached hydrogens (tertiary/aromatic N) is 1. The number of halogens is 1. The molecule has 0 saturated heterocycles. The summed E-state index contributed by atoms with van der Waals surface area (Å²) >= 11 is 5.89. The van der Waals surface area contributed by atoms with E-state index < -0.39 is 0 Å². The van der Waals surface area contributed by atoms with Crippen LogP contribution in [0.5, 0.6) is 0 Å². The zero-order valence-electron chi connectivity index (χ0n) is 12.1. The Morgan fingerprint density at radius 3 is 2.80 bits per heavy atom. The predicted molar refractivity (Wildman–Crippen MR) is 82.8 cm³/mol. The number of rotatable bonds is 5. The van der Waals surface area contributed by atoms with Crippen molar-refractivity contribution in [1.82, 2.24) is 4.98 Å². The highest BCUT2D eigenvalue weighted by molar-refractivity contribution is 6.30. The van der Waals surface area contributed by atoms with Crippen LogP contribution < -0.4 is 5.32 Å². The first kappa shape index (κ1) is 15.3. The molecule has 0 bridgehead atoms. The Morgan fingerprint density at radius 2 is 2.15 bits per heavy atom. The molecule has 0 atom stereocenters. The first-order chi connectivity index (χ1) is 9.69. The van der Waals surface area contributed by atoms with E-state index in [1.807, 2.05) is 0 Å². The largest absolute Gasteiger partial charge is 0.310 e. The van der Waals surface area contributed by atoms with Gasteiger partial charge in [0.05, 0.1) is 0 Å². The summed E-state index contributed by atoms with van der Waals surface area (Å²) in [5, 5.41) is 3.47. The first-order valence-electron chi connectivity index (χ1n) is 7.61. The van der Waals surface area contributed by atoms with Crippen LogP contribution in [0.1, 0.15) is 51.9 Å². The summed E-state index contributed by atoms with van der Waals surface area (Å²) in [6, 6.07) is 3.39. The van der Waals surface area contributed by atoms with Crippen molar-refractivity contribution in [3.05, 3.63) is 23.4 Å². The fourth-order valence-corrected chi connectivity index (χ4v) is 3.07. The number of unbranched alkanes of at least 4 members (excludes halogenated alkanes) is 1. The summed E-state index contributed by atoms with van der Waals surface area (Å²) in [6.07, 6.45) is 9.87. The molecule has 0 spiro atoms. The fraction of sp³-hybridized carbons (Fsp3) is 0.625. The quantitative estimate of drug-likeness (QED) is 0.857. The topological polar surface area (TPSA) is 42.0 Å². The molecule has 1 saturated carbocycles. The van der Waals surface area contributed by atoms with Crippen LogP contribution in [0.2, 0.25) is 5.02 Å². The van der Waals surface area contributed by atoms with E-state index in [0.29, 0.717) is 10.8 Å². The summed E-state index contributed by atoms with van der Waals surface area (Å²) in [5.41, 5.74) is 0. The average Bonchev–Trinajstić information content (AvgIpc) is 2.45. The van der Waals surface area contributed by atoms with Gasteiger partial charge in [-0.15, -0.1) is 0 Å². The summed E-state index contributed by atoms with van der Waals surface area (Å²) in [7, 11) is 0. The monoisotopic (exact) mass is 294 g/mol. The van der Waals surface area contributed by atoms with Crippen molar-refractivity contribution in [2.45, 2.75) is 51.9 Å². The molecule has 1 heterocycles. The van der Waals surface area contributed by atoms with Gasteiger partial charge in [-0.2, -0.15) is 0 Å². The van der Waals surface area contributed by atoms with Gasteiger partial charge < -0.3 is 5.32 Å². The lowest BCUT2D eigenvalue weighted by Gasteiger charge is -2.27. The molecule has 0 aliphatic heterocycles. The molecule has 3 nitrogen and oxygen atoms in total. The Kier molecular flexibility index (Phi) is 5.84. The minimum atomic E-state index is 0.0914. The smallest absolute Gasteiger partial charge is 0.228 e. The van der Waals surface area contributed by atoms with Crippen LogP contribution in [0.4, 0.5) is 5.82 Å². The van der Waals surface area contributed by atoms with Crippen molar-refractivity contribution in [3.63, 3.8) is 0 Å². The van der Waals surface area contributed by atoms with E-state index in [1.165, 1.54) is 32.1 Å². The second-order valence-electron chi connectivity index (χ2n) is 5.71. The minimum Gasteiger partial charge on any atom is -0.310 e. The summed E-state index contributed by atoms with van der Waals surface area (Å²) < 4.78 is 0. The van der Waals surface area contributed by atoms with Crippen LogP contribution in [0, 0.1) is 11.8 Å². The van der Waals surface area contributed by atoms with E-state index in [-0.39, 0.29) is 11.8 Å². The van der Waals surface area contributed by atoms with Crippen molar-refractivity contribution < 1.29 is 4.79 Å². The zero-order valence-corrected chi connectivity index (χ0v) is 12.8. The molecule has 2 rings (SSSR count). The SMILES string of the molecule is CCCCC1CCC(C(=O)Nc2cc(Cl)ccn2)CC1. The van der Waals surface area contributed by atoms with Crippen LogP contribution in [-0.4, -0.2) is 10.9 Å². The van der Waals surface area contributed by atoms with E-state index in [0.717, 1.165) is 18.8 Å². The maximum absolute atomic E-state index is 12.2. The second-order valence-corrected chi connectivity index (χ2v) is 6.14. The fourth-order valence-electron chi connectivity index (χ4n) is 2.91. The number of pyridine rings is 1. The van der Waals surface area contributed by atoms with Gasteiger partial charge in [-0.3, -0.25) is 4.79 Å². The number of hydrogen-bond acceptors (Lipinski definition) is 2. The summed E-state index contributed by atoms with van der Waals surface area (Å²) in [6.45, 7) is 2.23. The average molecular weight is 295 g/mol. The van der Waals surface area contributed by atoms with Gasteiger partial charge in [0, 0.05) is 17.1 Å². The van der Waals surface area contributed by atoms with Gasteiger partial charge >= 0.3 is 0 Å². The third-order valence-corrected chi connectivity index (χ3v) is 4.39. The summed E-state index contributed by atoms with van der Waals surface area (Å²) in [5.74, 6) is 1.60. The second kappa shape index (κ2) is 7.63. The molecule has 0 aromatic carbocycles. The standard InChI is InChI=1S/C16H23ClN2O/c1-2-3-4-12-5-7-13(8-6-12)16(20)19-15-11-14(17)9-10-18-15/h9-13H,2-8H2,1H3,(H,18,19,20). The van der Waals surface area contributed by atoms with Crippen molar-refractivity contribution >= 4 is 23.3 Å². The van der Waals surface area contributed by atoms with Crippen molar-refractivity contribution in [2.75, 3.05) is 5.32 Å². The Balaban J connectivity index is 1.80. The molecular formula is C16H23ClN2O. The molecule has 1 N–H and O–H groups in total. The number of carbonyl (C=O) groups is 1. The van der Waals surface area contributed by atoms with Gasteiger partial charge in [-0.25, -0.2) is 4.98 Å². The van der Waals surface area contributed by atoms with Gasteiger partial charge in [0.2, 0.25) is 5.91 Å². The van der Waals surface area contributed by atoms with Crippen molar-refractivity contribution in [2.24, 2.45) is 11.8 Å². The molecule has 1 amide bonds. The van der Waals surface area contributed by atoms with Crippen LogP contribution in [0.25, 0.3) is 0 Å². The summed E-state index contributed by atoms with van der Waals surface area (Å²) in [4.78, 5) is 16.3. The predicted octanol–water partition coefficient (Wildman–Crippen LogP) is 4.67. The van der Waals surface area contributed by atoms with E-state index in [9.17, 15) is 4.79 Å². The molecular weight excluding hydrogens is 272 g/mol. The Morgan fingerprint density at radius 1 is 1.40 bits per heavy atom. The highest BCUT2D eigenvalue weighted by Gasteiger charge is 2.26. The number of hydrogen-bond donors (Lipinski definition) is 1. The van der Waals surface area contributed by atoms with E-state index in [2.05, 4.69) is 17.2 Å². The molecule has 1 fully saturated rings. The highest BCUT2D eigenvalue weighted by atomic mass is 35.5. The maximum Gasteiger partial charge on any atom is 0.228 e. The maximum atomic E-state index is 12.2. The lowest BCUT2D eigenvalue weighted by molar-refractivity contribution is -0.121. The molecule has 20 heavy (non-hydrogen) atoms. The number of nitrogens with one attached hydrogen (secondary N) is 1. The number of anilines is 1. The number of carbonyl (C=O) groups excluding carboxylic acids is 1. The van der Waals surface area contributed by atoms with E-state index >= 15 is 0 Å². The van der Waals surface area contributed by atoms with Crippen LogP contribution in [0.15, 0.2) is 18.3 Å². The molecule has 1 aliphatic rings. The van der Waals surface area contributed by atoms with E-state index in [4.69, 9.17) is 11.6 Å². The third kappa shape index (κ3) is 4.48. The lowest BCUT2D eigenvalue weighted by atomic mass is 9.79. The van der Waals surface area contributed by atoms with Gasteiger partial charge in [0.1, 0.15) is 5.82 Å². The van der Waals surface area contributed by atoms with E-state index in [1.54, 1.807) is 18.3 Å². The Hall–Kier alpha value is -1.09. The Bertz CT molecular complexity index is 442. The van der Waals surface area contributed by atoms with Crippen LogP contribution >= 0.6 is 11.6 Å². The van der Waals surface area contributed by atoms with Gasteiger partial charge in [0.25, 0.3) is 0 Å². The van der Waals surface area contributed by atoms with Crippen LogP contribution in [0.3, 0.4) is 0 Å². The first-order valence-corrected chi connectivity index (χ1v) is 7.99. The molecule has 1 aromatic heterocycles. The molecule has 1 aromatic rings.